The first kappa shape index (κ1) is 21.8. The summed E-state index contributed by atoms with van der Waals surface area (Å²) in [7, 11) is 0. The van der Waals surface area contributed by atoms with Crippen molar-refractivity contribution in [3.05, 3.63) is 0 Å². The van der Waals surface area contributed by atoms with Crippen molar-refractivity contribution in [1.29, 1.82) is 0 Å². The van der Waals surface area contributed by atoms with E-state index in [9.17, 15) is 19.2 Å². The molecule has 2 fully saturated rings. The van der Waals surface area contributed by atoms with E-state index in [0.29, 0.717) is 5.75 Å². The predicted molar refractivity (Wildman–Crippen MR) is 102 cm³/mol. The summed E-state index contributed by atoms with van der Waals surface area (Å²) in [6.45, 7) is 1.50. The molecule has 2 rings (SSSR count). The zero-order valence-electron chi connectivity index (χ0n) is 15.4. The van der Waals surface area contributed by atoms with Gasteiger partial charge in [-0.15, -0.1) is 23.4 Å². The van der Waals surface area contributed by atoms with Crippen molar-refractivity contribution in [2.45, 2.75) is 49.9 Å². The van der Waals surface area contributed by atoms with Crippen LogP contribution in [-0.4, -0.2) is 70.8 Å². The van der Waals surface area contributed by atoms with Crippen LogP contribution in [0.2, 0.25) is 0 Å². The summed E-state index contributed by atoms with van der Waals surface area (Å²) in [6, 6.07) is -0.678. The quantitative estimate of drug-likeness (QED) is 0.463. The van der Waals surface area contributed by atoms with Crippen molar-refractivity contribution in [1.82, 2.24) is 15.5 Å². The number of nitrogens with one attached hydrogen (secondary N) is 2. The third-order valence-corrected chi connectivity index (χ3v) is 6.60. The lowest BCUT2D eigenvalue weighted by Gasteiger charge is -2.42. The number of thioether (sulfide) groups is 1. The smallest absolute Gasteiger partial charge is 0.325 e. The van der Waals surface area contributed by atoms with E-state index < -0.39 is 22.8 Å². The fraction of sp³-hybridized carbons (Fsp3) is 0.765. The predicted octanol–water partition coefficient (Wildman–Crippen LogP) is 0.625. The Labute approximate surface area is 168 Å². The largest absolute Gasteiger partial charge is 0.465 e. The van der Waals surface area contributed by atoms with E-state index in [1.807, 2.05) is 0 Å². The van der Waals surface area contributed by atoms with Gasteiger partial charge in [-0.1, -0.05) is 19.3 Å². The lowest BCUT2D eigenvalue weighted by Crippen LogP contribution is -2.58. The first-order valence-corrected chi connectivity index (χ1v) is 10.7. The molecular weight excluding hydrogens is 394 g/mol. The summed E-state index contributed by atoms with van der Waals surface area (Å²) in [5, 5.41) is 5.04. The van der Waals surface area contributed by atoms with Crippen molar-refractivity contribution < 1.29 is 23.9 Å². The first-order chi connectivity index (χ1) is 12.9. The van der Waals surface area contributed by atoms with Crippen molar-refractivity contribution in [2.24, 2.45) is 0 Å². The van der Waals surface area contributed by atoms with Crippen molar-refractivity contribution in [2.75, 3.05) is 31.3 Å². The van der Waals surface area contributed by atoms with E-state index in [1.165, 1.54) is 0 Å². The Balaban J connectivity index is 2.09. The van der Waals surface area contributed by atoms with Gasteiger partial charge in [-0.25, -0.2) is 0 Å². The average molecular weight is 420 g/mol. The third-order valence-electron chi connectivity index (χ3n) is 4.74. The number of alkyl halides is 1. The minimum atomic E-state index is -0.678. The van der Waals surface area contributed by atoms with E-state index in [-0.39, 0.29) is 37.4 Å². The van der Waals surface area contributed by atoms with Gasteiger partial charge in [0.2, 0.25) is 17.7 Å². The molecule has 0 unspecified atom stereocenters. The maximum atomic E-state index is 12.9. The summed E-state index contributed by atoms with van der Waals surface area (Å²) in [5.74, 6) is -1.40. The van der Waals surface area contributed by atoms with Crippen LogP contribution in [0.25, 0.3) is 0 Å². The van der Waals surface area contributed by atoms with Gasteiger partial charge >= 0.3 is 5.97 Å². The molecule has 1 heterocycles. The molecule has 1 aliphatic carbocycles. The lowest BCUT2D eigenvalue weighted by molar-refractivity contribution is -0.146. The molecule has 1 spiro atoms. The molecule has 1 atom stereocenters. The highest BCUT2D eigenvalue weighted by Gasteiger charge is 2.51. The maximum Gasteiger partial charge on any atom is 0.325 e. The Morgan fingerprint density at radius 1 is 1.15 bits per heavy atom. The van der Waals surface area contributed by atoms with Gasteiger partial charge in [-0.05, 0) is 19.8 Å². The van der Waals surface area contributed by atoms with Gasteiger partial charge in [-0.2, -0.15) is 0 Å². The number of ether oxygens (including phenoxy) is 1. The molecule has 27 heavy (non-hydrogen) atoms. The fourth-order valence-corrected chi connectivity index (χ4v) is 5.35. The van der Waals surface area contributed by atoms with Crippen LogP contribution in [0.3, 0.4) is 0 Å². The van der Waals surface area contributed by atoms with Crippen LogP contribution in [0, 0.1) is 0 Å². The first-order valence-electron chi connectivity index (χ1n) is 9.15. The summed E-state index contributed by atoms with van der Waals surface area (Å²) < 4.78 is 4.82. The van der Waals surface area contributed by atoms with E-state index in [1.54, 1.807) is 23.6 Å². The van der Waals surface area contributed by atoms with Crippen molar-refractivity contribution in [3.8, 4) is 0 Å². The van der Waals surface area contributed by atoms with E-state index in [2.05, 4.69) is 10.6 Å². The third kappa shape index (κ3) is 5.51. The van der Waals surface area contributed by atoms with Crippen molar-refractivity contribution in [3.63, 3.8) is 0 Å². The van der Waals surface area contributed by atoms with Crippen LogP contribution >= 0.6 is 23.4 Å². The molecule has 1 aliphatic heterocycles. The summed E-state index contributed by atoms with van der Waals surface area (Å²) in [5.41, 5.74) is 0. The number of hydrogen-bond acceptors (Lipinski definition) is 6. The normalized spacial score (nSPS) is 21.0. The van der Waals surface area contributed by atoms with Crippen LogP contribution < -0.4 is 10.6 Å². The number of carbonyl (C=O) groups is 4. The Hall–Kier alpha value is -1.48. The maximum absolute atomic E-state index is 12.9. The van der Waals surface area contributed by atoms with E-state index in [0.717, 1.165) is 32.1 Å². The van der Waals surface area contributed by atoms with Gasteiger partial charge < -0.3 is 20.3 Å². The molecule has 0 aromatic rings. The summed E-state index contributed by atoms with van der Waals surface area (Å²) >= 11 is 7.08. The number of halogens is 1. The summed E-state index contributed by atoms with van der Waals surface area (Å²) in [4.78, 5) is 49.6. The second-order valence-corrected chi connectivity index (χ2v) is 8.18. The molecule has 3 amide bonds. The number of hydrogen-bond donors (Lipinski definition) is 2. The zero-order chi connectivity index (χ0) is 19.9. The number of rotatable bonds is 7. The van der Waals surface area contributed by atoms with Gasteiger partial charge in [0, 0.05) is 5.75 Å². The van der Waals surface area contributed by atoms with Gasteiger partial charge in [0.15, 0.2) is 0 Å². The zero-order valence-corrected chi connectivity index (χ0v) is 17.0. The Morgan fingerprint density at radius 2 is 1.85 bits per heavy atom. The van der Waals surface area contributed by atoms with Crippen LogP contribution in [0.4, 0.5) is 0 Å². The monoisotopic (exact) mass is 419 g/mol. The topological polar surface area (TPSA) is 105 Å². The van der Waals surface area contributed by atoms with Gasteiger partial charge in [0.1, 0.15) is 18.5 Å². The lowest BCUT2D eigenvalue weighted by atomic mass is 9.92. The van der Waals surface area contributed by atoms with E-state index in [4.69, 9.17) is 16.3 Å². The highest BCUT2D eigenvalue weighted by atomic mass is 35.5. The fourth-order valence-electron chi connectivity index (χ4n) is 3.54. The van der Waals surface area contributed by atoms with E-state index >= 15 is 0 Å². The molecule has 1 saturated carbocycles. The van der Waals surface area contributed by atoms with Crippen molar-refractivity contribution >= 4 is 47.1 Å². The molecule has 2 N–H and O–H groups in total. The second kappa shape index (κ2) is 10.2. The van der Waals surface area contributed by atoms with Crippen LogP contribution in [0.15, 0.2) is 0 Å². The van der Waals surface area contributed by atoms with Crippen LogP contribution in [0.5, 0.6) is 0 Å². The summed E-state index contributed by atoms with van der Waals surface area (Å²) in [6.07, 6.45) is 4.71. The molecule has 1 saturated heterocycles. The number of carbonyl (C=O) groups excluding carboxylic acids is 4. The van der Waals surface area contributed by atoms with Crippen LogP contribution in [-0.2, 0) is 23.9 Å². The van der Waals surface area contributed by atoms with Crippen LogP contribution in [0.1, 0.15) is 39.0 Å². The van der Waals surface area contributed by atoms with Gasteiger partial charge in [0.05, 0.1) is 18.0 Å². The molecule has 0 aromatic carbocycles. The molecule has 0 bridgehead atoms. The molecule has 10 heteroatoms. The molecule has 2 aliphatic rings. The van der Waals surface area contributed by atoms with Gasteiger partial charge in [-0.3, -0.25) is 19.2 Å². The Kier molecular flexibility index (Phi) is 8.22. The van der Waals surface area contributed by atoms with Gasteiger partial charge in [0.25, 0.3) is 0 Å². The highest BCUT2D eigenvalue weighted by molar-refractivity contribution is 8.01. The second-order valence-electron chi connectivity index (χ2n) is 6.53. The highest BCUT2D eigenvalue weighted by Crippen LogP contribution is 2.49. The molecular formula is C17H26ClN3O5S. The minimum Gasteiger partial charge on any atom is -0.465 e. The average Bonchev–Trinajstić information content (AvgIpc) is 3.03. The molecule has 0 radical (unpaired) electrons. The number of amides is 3. The molecule has 8 nitrogen and oxygen atoms in total. The molecule has 0 aromatic heterocycles. The Bertz CT molecular complexity index is 583. The molecule has 152 valence electrons. The number of nitrogens with zero attached hydrogens (tertiary/aromatic N) is 1. The minimum absolute atomic E-state index is 0.199. The number of esters is 1. The Morgan fingerprint density at radius 3 is 2.48 bits per heavy atom. The SMILES string of the molecule is CCOC(=O)CNC(=O)[C@@H]1CSC2(CCCCC2)N1C(=O)CNC(=O)CCl. The standard InChI is InChI=1S/C17H26ClN3O5S/c1-2-26-15(24)10-20-16(25)12-11-27-17(6-4-3-5-7-17)21(12)14(23)9-19-13(22)8-18/h12H,2-11H2,1H3,(H,19,22)(H,20,25)/t12-/m0/s1.